The second kappa shape index (κ2) is 14.5. The number of benzene rings is 1. The molecule has 0 saturated carbocycles. The quantitative estimate of drug-likeness (QED) is 0.179. The molecule has 1 unspecified atom stereocenters. The van der Waals surface area contributed by atoms with Crippen molar-refractivity contribution in [2.24, 2.45) is 23.7 Å². The van der Waals surface area contributed by atoms with Crippen molar-refractivity contribution >= 4 is 40.6 Å². The first-order chi connectivity index (χ1) is 20.8. The van der Waals surface area contributed by atoms with Crippen LogP contribution in [0.1, 0.15) is 37.9 Å². The summed E-state index contributed by atoms with van der Waals surface area (Å²) < 4.78 is 27.1. The number of halogens is 2. The van der Waals surface area contributed by atoms with Crippen molar-refractivity contribution in [3.8, 4) is 11.9 Å². The number of rotatable bonds is 11. The number of aromatic nitrogens is 3. The van der Waals surface area contributed by atoms with Gasteiger partial charge in [0.1, 0.15) is 29.0 Å². The molecule has 3 rings (SSSR count). The number of aliphatic imine (C=N–C) groups is 1. The van der Waals surface area contributed by atoms with Crippen LogP contribution in [0.15, 0.2) is 57.7 Å². The fraction of sp³-hybridized carbons (Fsp3) is 0.333. The normalized spacial score (nSPS) is 12.7. The molecule has 1 atom stereocenters. The zero-order valence-electron chi connectivity index (χ0n) is 25.5. The number of methoxy groups -OCH3 is 1. The topological polar surface area (TPSA) is 161 Å². The fourth-order valence-electron chi connectivity index (χ4n) is 4.24. The lowest BCUT2D eigenvalue weighted by molar-refractivity contribution is -0.138. The highest BCUT2D eigenvalue weighted by molar-refractivity contribution is 6.30. The molecule has 0 aliphatic carbocycles. The molecule has 0 fully saturated rings. The summed E-state index contributed by atoms with van der Waals surface area (Å²) in [5.74, 6) is -1.57. The number of carbonyl (C=O) groups is 1. The molecule has 0 amide bonds. The second-order valence-corrected chi connectivity index (χ2v) is 10.5. The van der Waals surface area contributed by atoms with E-state index in [0.29, 0.717) is 5.95 Å². The van der Waals surface area contributed by atoms with Crippen LogP contribution in [0.3, 0.4) is 0 Å². The third-order valence-electron chi connectivity index (χ3n) is 6.35. The Morgan fingerprint density at radius 3 is 2.59 bits per heavy atom. The number of hydrogen-bond acceptors (Lipinski definition) is 11. The average Bonchev–Trinajstić information content (AvgIpc) is 2.98. The Bertz CT molecular complexity index is 1710. The van der Waals surface area contributed by atoms with Crippen molar-refractivity contribution in [2.45, 2.75) is 26.8 Å². The van der Waals surface area contributed by atoms with Crippen molar-refractivity contribution in [3.63, 3.8) is 0 Å². The molecule has 2 aromatic heterocycles. The molecule has 44 heavy (non-hydrogen) atoms. The minimum Gasteiger partial charge on any atom is -0.479 e. The molecule has 3 aromatic rings. The number of nitrogens with zero attached hydrogens (tertiary/aromatic N) is 6. The van der Waals surface area contributed by atoms with E-state index in [-0.39, 0.29) is 57.0 Å². The van der Waals surface area contributed by atoms with E-state index in [2.05, 4.69) is 15.3 Å². The SMILES string of the molecule is CCOC(=O)C(N)=C(C(=Nc1cnc(N(C)C)nc1OC)C(C)C)C(Nc1cc(Cl)cn(C)c1=O)c1ccc(C#N)c(F)c1. The number of nitrogens with one attached hydrogen (secondary N) is 1. The molecule has 14 heteroatoms. The van der Waals surface area contributed by atoms with Crippen molar-refractivity contribution in [3.05, 3.63) is 80.2 Å². The number of nitriles is 1. The number of pyridine rings is 1. The van der Waals surface area contributed by atoms with E-state index in [1.165, 1.54) is 49.3 Å². The Labute approximate surface area is 259 Å². The predicted molar refractivity (Wildman–Crippen MR) is 167 cm³/mol. The Balaban J connectivity index is 2.44. The van der Waals surface area contributed by atoms with E-state index in [4.69, 9.17) is 31.8 Å². The highest BCUT2D eigenvalue weighted by Crippen LogP contribution is 2.35. The maximum absolute atomic E-state index is 15.1. The summed E-state index contributed by atoms with van der Waals surface area (Å²) >= 11 is 6.28. The van der Waals surface area contributed by atoms with Crippen molar-refractivity contribution in [2.75, 3.05) is 38.0 Å². The third-order valence-corrected chi connectivity index (χ3v) is 6.56. The minimum absolute atomic E-state index is 0.0209. The Kier molecular flexibility index (Phi) is 11.0. The van der Waals surface area contributed by atoms with E-state index in [0.717, 1.165) is 6.07 Å². The van der Waals surface area contributed by atoms with Gasteiger partial charge in [-0.25, -0.2) is 19.2 Å². The molecule has 0 spiro atoms. The molecule has 2 heterocycles. The van der Waals surface area contributed by atoms with Crippen LogP contribution in [0.5, 0.6) is 5.88 Å². The first kappa shape index (κ1) is 33.5. The van der Waals surface area contributed by atoms with Gasteiger partial charge in [-0.15, -0.1) is 0 Å². The first-order valence-electron chi connectivity index (χ1n) is 13.5. The van der Waals surface area contributed by atoms with Crippen LogP contribution in [-0.2, 0) is 16.6 Å². The number of hydrogen-bond donors (Lipinski definition) is 2. The number of carbonyl (C=O) groups excluding carboxylic acids is 1. The zero-order chi connectivity index (χ0) is 32.7. The smallest absolute Gasteiger partial charge is 0.354 e. The van der Waals surface area contributed by atoms with Gasteiger partial charge in [0.05, 0.1) is 42.3 Å². The number of aryl methyl sites for hydroxylation is 1. The highest BCUT2D eigenvalue weighted by Gasteiger charge is 2.31. The van der Waals surface area contributed by atoms with Crippen molar-refractivity contribution < 1.29 is 18.7 Å². The second-order valence-electron chi connectivity index (χ2n) is 10.1. The number of nitrogens with two attached hydrogens (primary N) is 1. The van der Waals surface area contributed by atoms with Crippen molar-refractivity contribution in [1.29, 1.82) is 5.26 Å². The van der Waals surface area contributed by atoms with Crippen LogP contribution in [0, 0.1) is 23.1 Å². The molecule has 0 saturated heterocycles. The standard InChI is InChI=1S/C30H34ClFN8O4/c1-8-44-29(42)24(34)23(25(16(2)3)37-22-14-35-30(39(4)5)38-27(22)43-7)26(17-9-10-18(13-33)20(32)11-17)36-21-12-19(31)15-40(6)28(21)41/h9-12,14-16,26,36H,8,34H2,1-7H3. The van der Waals surface area contributed by atoms with Gasteiger partial charge in [0.2, 0.25) is 11.8 Å². The summed E-state index contributed by atoms with van der Waals surface area (Å²) in [5, 5.41) is 12.7. The minimum atomic E-state index is -1.16. The monoisotopic (exact) mass is 624 g/mol. The lowest BCUT2D eigenvalue weighted by Crippen LogP contribution is -2.31. The lowest BCUT2D eigenvalue weighted by atomic mass is 9.87. The van der Waals surface area contributed by atoms with Gasteiger partial charge in [0, 0.05) is 32.9 Å². The maximum Gasteiger partial charge on any atom is 0.354 e. The Morgan fingerprint density at radius 1 is 1.32 bits per heavy atom. The molecular formula is C30H34ClFN8O4. The van der Waals surface area contributed by atoms with E-state index in [9.17, 15) is 14.9 Å². The molecule has 1 aromatic carbocycles. The Morgan fingerprint density at radius 2 is 2.02 bits per heavy atom. The van der Waals surface area contributed by atoms with E-state index < -0.39 is 29.3 Å². The molecule has 3 N–H and O–H groups in total. The van der Waals surface area contributed by atoms with E-state index >= 15 is 4.39 Å². The Hall–Kier alpha value is -4.96. The summed E-state index contributed by atoms with van der Waals surface area (Å²) in [6.45, 7) is 5.27. The fourth-order valence-corrected chi connectivity index (χ4v) is 4.49. The molecule has 0 aliphatic rings. The van der Waals surface area contributed by atoms with Crippen molar-refractivity contribution in [1.82, 2.24) is 14.5 Å². The van der Waals surface area contributed by atoms with E-state index in [1.807, 2.05) is 13.8 Å². The molecular weight excluding hydrogens is 591 g/mol. The first-order valence-corrected chi connectivity index (χ1v) is 13.9. The van der Waals surface area contributed by atoms with Gasteiger partial charge in [0.15, 0.2) is 0 Å². The van der Waals surface area contributed by atoms with Crippen LogP contribution >= 0.6 is 11.6 Å². The van der Waals surface area contributed by atoms with E-state index in [1.54, 1.807) is 32.0 Å². The maximum atomic E-state index is 15.1. The zero-order valence-corrected chi connectivity index (χ0v) is 26.2. The predicted octanol–water partition coefficient (Wildman–Crippen LogP) is 4.27. The molecule has 0 radical (unpaired) electrons. The summed E-state index contributed by atoms with van der Waals surface area (Å²) in [5.41, 5.74) is 6.34. The largest absolute Gasteiger partial charge is 0.479 e. The van der Waals surface area contributed by atoms with Crippen LogP contribution in [0.25, 0.3) is 0 Å². The van der Waals surface area contributed by atoms with Crippen LogP contribution in [0.4, 0.5) is 21.7 Å². The third kappa shape index (κ3) is 7.51. The molecule has 0 aliphatic heterocycles. The van der Waals surface area contributed by atoms with Gasteiger partial charge in [-0.3, -0.25) is 4.79 Å². The van der Waals surface area contributed by atoms with Gasteiger partial charge in [-0.2, -0.15) is 10.2 Å². The molecule has 0 bridgehead atoms. The lowest BCUT2D eigenvalue weighted by Gasteiger charge is -2.28. The molecule has 232 valence electrons. The number of esters is 1. The highest BCUT2D eigenvalue weighted by atomic mass is 35.5. The van der Waals surface area contributed by atoms with Crippen LogP contribution in [0.2, 0.25) is 5.02 Å². The van der Waals surface area contributed by atoms with Gasteiger partial charge in [-0.05, 0) is 36.6 Å². The molecule has 12 nitrogen and oxygen atoms in total. The average molecular weight is 625 g/mol. The van der Waals surface area contributed by atoms with Gasteiger partial charge < -0.3 is 30.0 Å². The summed E-state index contributed by atoms with van der Waals surface area (Å²) in [6.07, 6.45) is 2.89. The summed E-state index contributed by atoms with van der Waals surface area (Å²) in [4.78, 5) is 41.6. The van der Waals surface area contributed by atoms with Gasteiger partial charge in [0.25, 0.3) is 5.56 Å². The number of anilines is 2. The van der Waals surface area contributed by atoms with Gasteiger partial charge >= 0.3 is 5.97 Å². The van der Waals surface area contributed by atoms with Crippen LogP contribution < -0.4 is 26.2 Å². The summed E-state index contributed by atoms with van der Waals surface area (Å²) in [7, 11) is 6.49. The summed E-state index contributed by atoms with van der Waals surface area (Å²) in [6, 6.07) is 5.92. The van der Waals surface area contributed by atoms with Crippen LogP contribution in [-0.4, -0.2) is 54.0 Å². The van der Waals surface area contributed by atoms with Gasteiger partial charge in [-0.1, -0.05) is 31.5 Å². The number of ether oxygens (including phenoxy) is 2.